The van der Waals surface area contributed by atoms with Crippen LogP contribution in [0.3, 0.4) is 0 Å². The molecule has 61 heavy (non-hydrogen) atoms. The maximum Gasteiger partial charge on any atom is 0.329 e. The molecule has 0 bridgehead atoms. The van der Waals surface area contributed by atoms with Crippen LogP contribution in [0.25, 0.3) is 33.2 Å². The molecule has 0 spiro atoms. The number of halogens is 3. The van der Waals surface area contributed by atoms with Crippen molar-refractivity contribution in [1.29, 1.82) is 0 Å². The summed E-state index contributed by atoms with van der Waals surface area (Å²) in [5, 5.41) is 20.2. The summed E-state index contributed by atoms with van der Waals surface area (Å²) in [6.07, 6.45) is 10.5. The zero-order valence-electron chi connectivity index (χ0n) is 33.6. The number of aromatic hydroxyl groups is 1. The number of piperidine rings is 1. The molecule has 5 heterocycles. The van der Waals surface area contributed by atoms with Crippen molar-refractivity contribution in [3.8, 4) is 17.0 Å². The lowest BCUT2D eigenvalue weighted by Crippen LogP contribution is -2.44. The third kappa shape index (κ3) is 7.80. The lowest BCUT2D eigenvalue weighted by molar-refractivity contribution is -0.135. The maximum absolute atomic E-state index is 14.2. The Morgan fingerprint density at radius 2 is 1.75 bits per heavy atom. The first-order chi connectivity index (χ1) is 29.4. The van der Waals surface area contributed by atoms with Crippen molar-refractivity contribution in [2.75, 3.05) is 19.6 Å². The second kappa shape index (κ2) is 16.3. The standard InChI is InChI=1S/C45H45F3N8O5/c1-53-38-17-25(6-11-36(38)56(45(53)61)37-12-13-39(57)51-44(37)60)3-2-15-54-16-14-27-18-34(49-22-30(27)23-54)28-7-8-29-24-55(52-35(29)19-28)31-9-4-26(5-10-31)21-50-43(59)32-20-33(46)42(58)41(48)40(32)47/h6-8,11,17-20,22,24,26,31,37,58H,2-5,9-10,12-16,21,23H2,1H3,(H,50,59)(H,51,57,60)/t26?,31?,37-/m1/s1. The number of amides is 3. The fraction of sp³-hybridized carbons (Fsp3) is 0.378. The van der Waals surface area contributed by atoms with Crippen molar-refractivity contribution in [3.63, 3.8) is 0 Å². The highest BCUT2D eigenvalue weighted by atomic mass is 19.2. The highest BCUT2D eigenvalue weighted by molar-refractivity contribution is 6.00. The van der Waals surface area contributed by atoms with E-state index in [1.807, 2.05) is 29.1 Å². The summed E-state index contributed by atoms with van der Waals surface area (Å²) in [5.41, 5.74) is 6.81. The fourth-order valence-electron chi connectivity index (χ4n) is 9.23. The van der Waals surface area contributed by atoms with Crippen molar-refractivity contribution < 1.29 is 32.7 Å². The van der Waals surface area contributed by atoms with Crippen molar-refractivity contribution in [3.05, 3.63) is 111 Å². The SMILES string of the molecule is Cn1c(=O)n([C@@H]2CCC(=O)NC2=O)c2ccc(CCCN3CCc4cc(-c5ccc6cn(C7CCC(CNC(=O)c8cc(F)c(O)c(F)c8F)CC7)nc6c5)ncc4C3)cc21. The van der Waals surface area contributed by atoms with Gasteiger partial charge in [-0.2, -0.15) is 9.49 Å². The molecular formula is C45H45F3N8O5. The van der Waals surface area contributed by atoms with Crippen LogP contribution in [0, 0.1) is 23.4 Å². The quantitative estimate of drug-likeness (QED) is 0.112. The molecule has 3 amide bonds. The topological polar surface area (TPSA) is 156 Å². The molecule has 3 N–H and O–H groups in total. The Hall–Kier alpha value is -6.29. The van der Waals surface area contributed by atoms with Crippen molar-refractivity contribution in [2.24, 2.45) is 13.0 Å². The van der Waals surface area contributed by atoms with E-state index < -0.39 is 46.6 Å². The number of phenols is 1. The highest BCUT2D eigenvalue weighted by Crippen LogP contribution is 2.34. The van der Waals surface area contributed by atoms with Crippen LogP contribution in [0.5, 0.6) is 5.75 Å². The minimum absolute atomic E-state index is 0.115. The van der Waals surface area contributed by atoms with Crippen LogP contribution in [0.4, 0.5) is 13.2 Å². The van der Waals surface area contributed by atoms with E-state index >= 15 is 0 Å². The number of carbonyl (C=O) groups is 3. The molecule has 9 rings (SSSR count). The lowest BCUT2D eigenvalue weighted by Gasteiger charge is -2.28. The van der Waals surface area contributed by atoms with Crippen molar-refractivity contribution >= 4 is 39.7 Å². The van der Waals surface area contributed by atoms with Gasteiger partial charge in [0.25, 0.3) is 5.91 Å². The number of nitrogens with one attached hydrogen (secondary N) is 2. The van der Waals surface area contributed by atoms with Gasteiger partial charge in [0.05, 0.1) is 33.8 Å². The zero-order chi connectivity index (χ0) is 42.5. The zero-order valence-corrected chi connectivity index (χ0v) is 33.6. The summed E-state index contributed by atoms with van der Waals surface area (Å²) in [7, 11) is 1.71. The highest BCUT2D eigenvalue weighted by Gasteiger charge is 2.32. The molecule has 0 radical (unpaired) electrons. The molecule has 2 fully saturated rings. The number of aryl methyl sites for hydroxylation is 2. The van der Waals surface area contributed by atoms with Crippen LogP contribution in [0.15, 0.2) is 65.7 Å². The van der Waals surface area contributed by atoms with E-state index in [1.165, 1.54) is 15.7 Å². The van der Waals surface area contributed by atoms with E-state index in [1.54, 1.807) is 11.6 Å². The summed E-state index contributed by atoms with van der Waals surface area (Å²) in [5.74, 6) is -7.78. The van der Waals surface area contributed by atoms with E-state index in [0.29, 0.717) is 18.0 Å². The van der Waals surface area contributed by atoms with Crippen LogP contribution in [-0.2, 0) is 36.0 Å². The van der Waals surface area contributed by atoms with Gasteiger partial charge in [0.1, 0.15) is 6.04 Å². The molecular weight excluding hydrogens is 790 g/mol. The molecule has 2 aliphatic heterocycles. The van der Waals surface area contributed by atoms with Gasteiger partial charge in [-0.25, -0.2) is 13.6 Å². The van der Waals surface area contributed by atoms with Gasteiger partial charge >= 0.3 is 5.69 Å². The number of imide groups is 1. The molecule has 1 saturated carbocycles. The first kappa shape index (κ1) is 40.1. The van der Waals surface area contributed by atoms with E-state index in [4.69, 9.17) is 10.1 Å². The Labute approximate surface area is 348 Å². The van der Waals surface area contributed by atoms with Gasteiger partial charge in [0.15, 0.2) is 17.4 Å². The smallest absolute Gasteiger partial charge is 0.329 e. The first-order valence-corrected chi connectivity index (χ1v) is 20.8. The number of hydrogen-bond donors (Lipinski definition) is 3. The molecule has 0 unspecified atom stereocenters. The minimum Gasteiger partial charge on any atom is -0.503 e. The monoisotopic (exact) mass is 834 g/mol. The van der Waals surface area contributed by atoms with E-state index in [0.717, 1.165) is 97.8 Å². The Morgan fingerprint density at radius 3 is 2.56 bits per heavy atom. The largest absolute Gasteiger partial charge is 0.503 e. The molecule has 3 aromatic carbocycles. The summed E-state index contributed by atoms with van der Waals surface area (Å²) in [6.45, 7) is 2.91. The fourth-order valence-corrected chi connectivity index (χ4v) is 9.23. The van der Waals surface area contributed by atoms with Gasteiger partial charge in [0, 0.05) is 56.4 Å². The molecule has 16 heteroatoms. The lowest BCUT2D eigenvalue weighted by atomic mass is 9.86. The third-order valence-corrected chi connectivity index (χ3v) is 12.7. The summed E-state index contributed by atoms with van der Waals surface area (Å²) >= 11 is 0. The van der Waals surface area contributed by atoms with E-state index in [-0.39, 0.29) is 36.5 Å². The minimum atomic E-state index is -1.78. The molecule has 1 atom stereocenters. The number of benzene rings is 3. The number of rotatable bonds is 10. The van der Waals surface area contributed by atoms with Crippen LogP contribution in [-0.4, -0.2) is 71.3 Å². The van der Waals surface area contributed by atoms with Gasteiger partial charge in [-0.1, -0.05) is 18.2 Å². The predicted molar refractivity (Wildman–Crippen MR) is 220 cm³/mol. The Kier molecular flexibility index (Phi) is 10.7. The average Bonchev–Trinajstić information content (AvgIpc) is 3.80. The molecule has 3 aliphatic rings. The predicted octanol–water partition coefficient (Wildman–Crippen LogP) is 6.00. The number of fused-ring (bicyclic) bond motifs is 3. The Bertz CT molecular complexity index is 2790. The second-order valence-electron chi connectivity index (χ2n) is 16.6. The number of pyridine rings is 1. The summed E-state index contributed by atoms with van der Waals surface area (Å²) in [6, 6.07) is 14.3. The molecule has 1 saturated heterocycles. The molecule has 13 nitrogen and oxygen atoms in total. The maximum atomic E-state index is 14.2. The van der Waals surface area contributed by atoms with E-state index in [2.05, 4.69) is 46.0 Å². The van der Waals surface area contributed by atoms with Gasteiger partial charge in [-0.05, 0) is 111 Å². The molecule has 3 aromatic heterocycles. The van der Waals surface area contributed by atoms with Crippen molar-refractivity contribution in [2.45, 2.75) is 76.4 Å². The molecule has 6 aromatic rings. The number of nitrogens with zero attached hydrogens (tertiary/aromatic N) is 6. The van der Waals surface area contributed by atoms with Gasteiger partial charge < -0.3 is 10.4 Å². The summed E-state index contributed by atoms with van der Waals surface area (Å²) in [4.78, 5) is 57.2. The normalized spacial score (nSPS) is 19.6. The van der Waals surface area contributed by atoms with Crippen molar-refractivity contribution in [1.82, 2.24) is 39.4 Å². The number of imidazole rings is 1. The van der Waals surface area contributed by atoms with Gasteiger partial charge in [-0.3, -0.25) is 43.4 Å². The summed E-state index contributed by atoms with van der Waals surface area (Å²) < 4.78 is 46.7. The number of aromatic nitrogens is 5. The Morgan fingerprint density at radius 1 is 0.934 bits per heavy atom. The third-order valence-electron chi connectivity index (χ3n) is 12.7. The average molecular weight is 835 g/mol. The van der Waals surface area contributed by atoms with E-state index in [9.17, 15) is 37.5 Å². The van der Waals surface area contributed by atoms with Crippen LogP contribution in [0.1, 0.15) is 84.1 Å². The number of phenolic OH excluding ortho intramolecular Hbond substituents is 1. The van der Waals surface area contributed by atoms with Crippen LogP contribution >= 0.6 is 0 Å². The van der Waals surface area contributed by atoms with Gasteiger partial charge in [-0.15, -0.1) is 0 Å². The Balaban J connectivity index is 0.776. The number of hydrogen-bond acceptors (Lipinski definition) is 8. The molecule has 1 aliphatic carbocycles. The van der Waals surface area contributed by atoms with Gasteiger partial charge in [0.2, 0.25) is 17.6 Å². The second-order valence-corrected chi connectivity index (χ2v) is 16.6. The van der Waals surface area contributed by atoms with Crippen LogP contribution in [0.2, 0.25) is 0 Å². The van der Waals surface area contributed by atoms with Crippen LogP contribution < -0.4 is 16.3 Å². The first-order valence-electron chi connectivity index (χ1n) is 20.8. The number of carbonyl (C=O) groups excluding carboxylic acids is 3. The molecule has 316 valence electrons.